The van der Waals surface area contributed by atoms with Crippen LogP contribution < -0.4 is 0 Å². The highest BCUT2D eigenvalue weighted by Gasteiger charge is 2.38. The second kappa shape index (κ2) is 7.62. The van der Waals surface area contributed by atoms with Gasteiger partial charge < -0.3 is 9.47 Å². The Morgan fingerprint density at radius 1 is 1.12 bits per heavy atom. The van der Waals surface area contributed by atoms with Crippen LogP contribution in [0.3, 0.4) is 0 Å². The van der Waals surface area contributed by atoms with E-state index in [1.165, 1.54) is 7.11 Å². The smallest absolute Gasteiger partial charge is 0.228 e. The molecule has 2 aliphatic rings. The SMILES string of the molecule is CCCCC1=C(OC)C(=O)C2=C(COC/C2=C\c2ccccc2)C1=O. The minimum absolute atomic E-state index is 0.112. The molecule has 0 aromatic heterocycles. The van der Waals surface area contributed by atoms with Gasteiger partial charge in [0, 0.05) is 16.7 Å². The number of rotatable bonds is 5. The first-order valence-electron chi connectivity index (χ1n) is 8.60. The standard InChI is InChI=1S/C21H22O4/c1-3-4-10-16-19(22)17-13-25-12-15(11-14-8-6-5-7-9-14)18(17)20(23)21(16)24-2/h5-9,11H,3-4,10,12-13H2,1-2H3/b15-11+. The van der Waals surface area contributed by atoms with Crippen molar-refractivity contribution >= 4 is 17.6 Å². The third kappa shape index (κ3) is 3.35. The number of carbonyl (C=O) groups is 2. The molecule has 1 heterocycles. The fourth-order valence-corrected chi connectivity index (χ4v) is 3.26. The summed E-state index contributed by atoms with van der Waals surface area (Å²) in [7, 11) is 1.46. The van der Waals surface area contributed by atoms with Gasteiger partial charge in [0.05, 0.1) is 20.3 Å². The average molecular weight is 338 g/mol. The number of allylic oxidation sites excluding steroid dienone is 2. The molecule has 4 nitrogen and oxygen atoms in total. The Kier molecular flexibility index (Phi) is 5.29. The minimum Gasteiger partial charge on any atom is -0.492 e. The summed E-state index contributed by atoms with van der Waals surface area (Å²) in [5, 5.41) is 0. The van der Waals surface area contributed by atoms with Gasteiger partial charge in [-0.25, -0.2) is 0 Å². The van der Waals surface area contributed by atoms with Gasteiger partial charge in [0.25, 0.3) is 0 Å². The summed E-state index contributed by atoms with van der Waals surface area (Å²) in [6, 6.07) is 9.71. The van der Waals surface area contributed by atoms with E-state index in [9.17, 15) is 9.59 Å². The van der Waals surface area contributed by atoms with Crippen molar-refractivity contribution in [2.24, 2.45) is 0 Å². The second-order valence-corrected chi connectivity index (χ2v) is 6.20. The van der Waals surface area contributed by atoms with E-state index in [4.69, 9.17) is 9.47 Å². The van der Waals surface area contributed by atoms with Crippen LogP contribution in [0.25, 0.3) is 6.08 Å². The highest BCUT2D eigenvalue weighted by molar-refractivity contribution is 6.26. The molecule has 0 amide bonds. The van der Waals surface area contributed by atoms with E-state index in [1.807, 2.05) is 36.4 Å². The fourth-order valence-electron chi connectivity index (χ4n) is 3.26. The number of benzene rings is 1. The Balaban J connectivity index is 2.04. The molecule has 0 spiro atoms. The molecule has 0 unspecified atom stereocenters. The van der Waals surface area contributed by atoms with Crippen LogP contribution in [0, 0.1) is 0 Å². The topological polar surface area (TPSA) is 52.6 Å². The zero-order valence-corrected chi connectivity index (χ0v) is 14.6. The summed E-state index contributed by atoms with van der Waals surface area (Å²) in [4.78, 5) is 25.9. The Morgan fingerprint density at radius 3 is 2.56 bits per heavy atom. The monoisotopic (exact) mass is 338 g/mol. The molecular weight excluding hydrogens is 316 g/mol. The van der Waals surface area contributed by atoms with Gasteiger partial charge in [-0.2, -0.15) is 0 Å². The van der Waals surface area contributed by atoms with Gasteiger partial charge in [-0.05, 0) is 30.1 Å². The predicted octanol–water partition coefficient (Wildman–Crippen LogP) is 3.64. The van der Waals surface area contributed by atoms with E-state index in [-0.39, 0.29) is 23.9 Å². The van der Waals surface area contributed by atoms with E-state index in [0.29, 0.717) is 29.7 Å². The Hall–Kier alpha value is -2.46. The third-order valence-corrected chi connectivity index (χ3v) is 4.51. The zero-order chi connectivity index (χ0) is 17.8. The van der Waals surface area contributed by atoms with Crippen LogP contribution in [-0.4, -0.2) is 31.9 Å². The molecule has 0 radical (unpaired) electrons. The van der Waals surface area contributed by atoms with Crippen molar-refractivity contribution in [1.29, 1.82) is 0 Å². The molecule has 1 aromatic carbocycles. The third-order valence-electron chi connectivity index (χ3n) is 4.51. The number of carbonyl (C=O) groups excluding carboxylic acids is 2. The van der Waals surface area contributed by atoms with Crippen LogP contribution in [0.2, 0.25) is 0 Å². The van der Waals surface area contributed by atoms with Crippen LogP contribution in [0.5, 0.6) is 0 Å². The summed E-state index contributed by atoms with van der Waals surface area (Å²) in [5.74, 6) is -0.120. The second-order valence-electron chi connectivity index (χ2n) is 6.20. The Bertz CT molecular complexity index is 781. The molecule has 0 fully saturated rings. The van der Waals surface area contributed by atoms with Crippen molar-refractivity contribution in [3.05, 3.63) is 63.9 Å². The van der Waals surface area contributed by atoms with Crippen LogP contribution in [-0.2, 0) is 19.1 Å². The molecule has 0 saturated carbocycles. The highest BCUT2D eigenvalue weighted by atomic mass is 16.5. The molecule has 0 N–H and O–H groups in total. The zero-order valence-electron chi connectivity index (χ0n) is 14.6. The van der Waals surface area contributed by atoms with Crippen molar-refractivity contribution in [2.75, 3.05) is 20.3 Å². The van der Waals surface area contributed by atoms with E-state index >= 15 is 0 Å². The van der Waals surface area contributed by atoms with Crippen molar-refractivity contribution in [2.45, 2.75) is 26.2 Å². The number of unbranched alkanes of at least 4 members (excludes halogenated alkanes) is 1. The predicted molar refractivity (Wildman–Crippen MR) is 95.8 cm³/mol. The lowest BCUT2D eigenvalue weighted by Crippen LogP contribution is -2.32. The van der Waals surface area contributed by atoms with Crippen molar-refractivity contribution in [3.8, 4) is 0 Å². The van der Waals surface area contributed by atoms with Crippen molar-refractivity contribution in [3.63, 3.8) is 0 Å². The summed E-state index contributed by atoms with van der Waals surface area (Å²) in [5.41, 5.74) is 3.10. The van der Waals surface area contributed by atoms with Crippen LogP contribution in [0.15, 0.2) is 58.4 Å². The van der Waals surface area contributed by atoms with E-state index in [0.717, 1.165) is 24.0 Å². The maximum absolute atomic E-state index is 13.0. The summed E-state index contributed by atoms with van der Waals surface area (Å²) in [6.07, 6.45) is 4.25. The molecular formula is C21H22O4. The first-order valence-corrected chi connectivity index (χ1v) is 8.60. The minimum atomic E-state index is -0.200. The molecule has 1 aliphatic heterocycles. The summed E-state index contributed by atoms with van der Waals surface area (Å²) in [6.45, 7) is 2.55. The summed E-state index contributed by atoms with van der Waals surface area (Å²) >= 11 is 0. The normalized spacial score (nSPS) is 19.5. The lowest BCUT2D eigenvalue weighted by molar-refractivity contribution is -0.119. The number of ether oxygens (including phenoxy) is 2. The van der Waals surface area contributed by atoms with E-state index < -0.39 is 0 Å². The number of Topliss-reactive ketones (excluding diaryl/α,β-unsaturated/α-hetero) is 2. The Labute approximate surface area is 147 Å². The molecule has 0 saturated heterocycles. The highest BCUT2D eigenvalue weighted by Crippen LogP contribution is 2.35. The number of ketones is 2. The van der Waals surface area contributed by atoms with Crippen LogP contribution in [0.4, 0.5) is 0 Å². The van der Waals surface area contributed by atoms with Gasteiger partial charge in [-0.3, -0.25) is 9.59 Å². The average Bonchev–Trinajstić information content (AvgIpc) is 2.64. The van der Waals surface area contributed by atoms with Crippen LogP contribution in [0.1, 0.15) is 31.7 Å². The fraction of sp³-hybridized carbons (Fsp3) is 0.333. The first-order chi connectivity index (χ1) is 12.2. The first kappa shape index (κ1) is 17.4. The maximum atomic E-state index is 13.0. The molecule has 1 aromatic rings. The summed E-state index contributed by atoms with van der Waals surface area (Å²) < 4.78 is 10.9. The number of hydrogen-bond acceptors (Lipinski definition) is 4. The van der Waals surface area contributed by atoms with Gasteiger partial charge >= 0.3 is 0 Å². The molecule has 4 heteroatoms. The van der Waals surface area contributed by atoms with Crippen LogP contribution >= 0.6 is 0 Å². The van der Waals surface area contributed by atoms with Gasteiger partial charge in [0.2, 0.25) is 5.78 Å². The number of methoxy groups -OCH3 is 1. The lowest BCUT2D eigenvalue weighted by atomic mass is 9.81. The van der Waals surface area contributed by atoms with Crippen molar-refractivity contribution < 1.29 is 19.1 Å². The molecule has 0 atom stereocenters. The molecule has 130 valence electrons. The van der Waals surface area contributed by atoms with E-state index in [1.54, 1.807) is 0 Å². The van der Waals surface area contributed by atoms with Crippen molar-refractivity contribution in [1.82, 2.24) is 0 Å². The number of hydrogen-bond donors (Lipinski definition) is 0. The molecule has 1 aliphatic carbocycles. The lowest BCUT2D eigenvalue weighted by Gasteiger charge is -2.28. The molecule has 25 heavy (non-hydrogen) atoms. The van der Waals surface area contributed by atoms with Gasteiger partial charge in [-0.15, -0.1) is 0 Å². The maximum Gasteiger partial charge on any atom is 0.228 e. The van der Waals surface area contributed by atoms with Gasteiger partial charge in [0.1, 0.15) is 0 Å². The largest absolute Gasteiger partial charge is 0.492 e. The van der Waals surface area contributed by atoms with E-state index in [2.05, 4.69) is 6.92 Å². The van der Waals surface area contributed by atoms with Gasteiger partial charge in [0.15, 0.2) is 11.5 Å². The Morgan fingerprint density at radius 2 is 1.88 bits per heavy atom. The molecule has 0 bridgehead atoms. The molecule has 3 rings (SSSR count). The quantitative estimate of drug-likeness (QED) is 0.769. The van der Waals surface area contributed by atoms with Gasteiger partial charge in [-0.1, -0.05) is 43.7 Å².